The Morgan fingerprint density at radius 2 is 1.15 bits per heavy atom. The highest BCUT2D eigenvalue weighted by atomic mass is 32.2. The number of aliphatic hydroxyl groups is 1. The lowest BCUT2D eigenvalue weighted by Gasteiger charge is -2.36. The van der Waals surface area contributed by atoms with E-state index in [1.807, 2.05) is 4.90 Å². The third kappa shape index (κ3) is 18.3. The second-order valence-corrected chi connectivity index (χ2v) is 24.6. The van der Waals surface area contributed by atoms with Crippen LogP contribution < -0.4 is 36.1 Å². The monoisotopic (exact) mass is 1220 g/mol. The summed E-state index contributed by atoms with van der Waals surface area (Å²) >= 11 is 0. The number of aliphatic hydroxyl groups excluding tert-OH is 1. The van der Waals surface area contributed by atoms with Gasteiger partial charge in [-0.15, -0.1) is 0 Å². The van der Waals surface area contributed by atoms with Gasteiger partial charge in [-0.1, -0.05) is 24.0 Å². The van der Waals surface area contributed by atoms with Gasteiger partial charge in [-0.05, 0) is 106 Å². The van der Waals surface area contributed by atoms with Crippen LogP contribution in [0.3, 0.4) is 0 Å². The van der Waals surface area contributed by atoms with Crippen molar-refractivity contribution in [3.8, 4) is 35.2 Å². The lowest BCUT2D eigenvalue weighted by molar-refractivity contribution is -0.140. The van der Waals surface area contributed by atoms with Crippen molar-refractivity contribution in [3.05, 3.63) is 96.3 Å². The van der Waals surface area contributed by atoms with Crippen LogP contribution in [0.2, 0.25) is 0 Å². The molecule has 16 nitrogen and oxygen atoms in total. The van der Waals surface area contributed by atoms with Gasteiger partial charge in [0.2, 0.25) is 0 Å². The Labute approximate surface area is 483 Å². The smallest absolute Gasteiger partial charge is 0.406 e. The van der Waals surface area contributed by atoms with Crippen LogP contribution in [-0.4, -0.2) is 164 Å². The highest BCUT2D eigenvalue weighted by molar-refractivity contribution is 7.91. The molecule has 9 rings (SSSR count). The molecule has 6 N–H and O–H groups in total. The SMILES string of the molecule is CC1CO1.COc1cc(S(C)(=O)=O)ccc1NCC#Cc1cc2c(N[C@@H]3CCN(CC(C)O)C[C@@H]3F)cccc2n1CC(F)(F)F.COc1cc(S(C)(=O)=O)ccc1NCC#Cc1cc2c(N[C@@H]3CCNC[C@@H]3F)cccc2n1CC(F)(F)F. The number of anilines is 4. The Morgan fingerprint density at radius 3 is 1.54 bits per heavy atom. The molecule has 3 aliphatic rings. The topological polar surface area (TPSA) is 193 Å². The van der Waals surface area contributed by atoms with Crippen molar-refractivity contribution >= 4 is 64.2 Å². The number of fused-ring (bicyclic) bond motifs is 2. The molecule has 0 spiro atoms. The van der Waals surface area contributed by atoms with Crippen molar-refractivity contribution in [1.29, 1.82) is 0 Å². The molecule has 0 radical (unpaired) electrons. The molecule has 456 valence electrons. The van der Waals surface area contributed by atoms with Crippen molar-refractivity contribution in [2.45, 2.75) is 98.6 Å². The van der Waals surface area contributed by atoms with E-state index < -0.39 is 75.6 Å². The van der Waals surface area contributed by atoms with Crippen LogP contribution in [0, 0.1) is 23.7 Å². The fraction of sp³-hybridized carbons (Fsp3) is 0.448. The lowest BCUT2D eigenvalue weighted by Crippen LogP contribution is -2.49. The van der Waals surface area contributed by atoms with E-state index >= 15 is 4.39 Å². The molecular weight excluding hydrogens is 1150 g/mol. The number of alkyl halides is 8. The number of piperidine rings is 2. The van der Waals surface area contributed by atoms with Crippen LogP contribution in [-0.2, 0) is 37.5 Å². The molecule has 5 heterocycles. The van der Waals surface area contributed by atoms with Crippen LogP contribution in [0.1, 0.15) is 38.1 Å². The molecule has 0 saturated carbocycles. The summed E-state index contributed by atoms with van der Waals surface area (Å²) in [5, 5.41) is 26.0. The molecule has 0 amide bonds. The molecule has 4 aromatic carbocycles. The fourth-order valence-electron chi connectivity index (χ4n) is 9.52. The zero-order valence-electron chi connectivity index (χ0n) is 47.0. The molecule has 2 aromatic heterocycles. The summed E-state index contributed by atoms with van der Waals surface area (Å²) in [5.74, 6) is 11.9. The molecule has 84 heavy (non-hydrogen) atoms. The molecule has 0 aliphatic carbocycles. The number of likely N-dealkylation sites (tertiary alicyclic amines) is 1. The predicted molar refractivity (Wildman–Crippen MR) is 309 cm³/mol. The first-order chi connectivity index (χ1) is 39.6. The second-order valence-electron chi connectivity index (χ2n) is 20.6. The molecule has 6 aromatic rings. The Kier molecular flexibility index (Phi) is 21.4. The highest BCUT2D eigenvalue weighted by Gasteiger charge is 2.33. The normalized spacial score (nSPS) is 19.4. The van der Waals surface area contributed by atoms with E-state index in [1.54, 1.807) is 55.5 Å². The Balaban J connectivity index is 0.000000226. The zero-order chi connectivity index (χ0) is 61.1. The predicted octanol–water partition coefficient (Wildman–Crippen LogP) is 8.88. The van der Waals surface area contributed by atoms with E-state index in [0.29, 0.717) is 88.9 Å². The maximum atomic E-state index is 15.0. The third-order valence-electron chi connectivity index (χ3n) is 13.7. The third-order valence-corrected chi connectivity index (χ3v) is 15.9. The van der Waals surface area contributed by atoms with Crippen LogP contribution >= 0.6 is 0 Å². The minimum atomic E-state index is -4.50. The molecule has 3 saturated heterocycles. The van der Waals surface area contributed by atoms with E-state index in [1.165, 1.54) is 50.6 Å². The van der Waals surface area contributed by atoms with Gasteiger partial charge in [0.1, 0.15) is 36.9 Å². The van der Waals surface area contributed by atoms with E-state index in [0.717, 1.165) is 28.3 Å². The van der Waals surface area contributed by atoms with Crippen molar-refractivity contribution in [3.63, 3.8) is 0 Å². The van der Waals surface area contributed by atoms with Gasteiger partial charge in [0, 0.05) is 73.0 Å². The second kappa shape index (κ2) is 27.8. The van der Waals surface area contributed by atoms with Gasteiger partial charge in [0.25, 0.3) is 0 Å². The van der Waals surface area contributed by atoms with Gasteiger partial charge in [-0.25, -0.2) is 25.6 Å². The number of nitrogens with zero attached hydrogens (tertiary/aromatic N) is 3. The largest absolute Gasteiger partial charge is 0.495 e. The summed E-state index contributed by atoms with van der Waals surface area (Å²) < 4.78 is 175. The van der Waals surface area contributed by atoms with Crippen LogP contribution in [0.25, 0.3) is 21.8 Å². The maximum Gasteiger partial charge on any atom is 0.406 e. The van der Waals surface area contributed by atoms with Gasteiger partial charge in [0.05, 0.1) is 102 Å². The average Bonchev–Trinajstić information content (AvgIpc) is 2.15. The van der Waals surface area contributed by atoms with E-state index in [9.17, 15) is 52.7 Å². The number of halogens is 8. The number of hydrogen-bond acceptors (Lipinski definition) is 14. The molecule has 0 bridgehead atoms. The van der Waals surface area contributed by atoms with Crippen LogP contribution in [0.15, 0.2) is 94.7 Å². The van der Waals surface area contributed by atoms with Gasteiger partial charge in [-0.2, -0.15) is 26.3 Å². The molecule has 3 aliphatic heterocycles. The van der Waals surface area contributed by atoms with Crippen molar-refractivity contribution in [1.82, 2.24) is 19.4 Å². The molecule has 6 atom stereocenters. The van der Waals surface area contributed by atoms with Crippen LogP contribution in [0.4, 0.5) is 57.9 Å². The number of nitrogens with one attached hydrogen (secondary N) is 5. The fourth-order valence-corrected chi connectivity index (χ4v) is 10.8. The van der Waals surface area contributed by atoms with E-state index in [-0.39, 0.29) is 53.1 Å². The van der Waals surface area contributed by atoms with E-state index in [2.05, 4.69) is 57.2 Å². The number of methoxy groups -OCH3 is 2. The Hall–Kier alpha value is -6.94. The number of benzene rings is 4. The van der Waals surface area contributed by atoms with Crippen LogP contribution in [0.5, 0.6) is 11.5 Å². The summed E-state index contributed by atoms with van der Waals surface area (Å²) in [7, 11) is -4.07. The summed E-state index contributed by atoms with van der Waals surface area (Å²) in [6.07, 6.45) is -8.11. The van der Waals surface area contributed by atoms with Gasteiger partial charge >= 0.3 is 12.4 Å². The van der Waals surface area contributed by atoms with Gasteiger partial charge in [0.15, 0.2) is 19.7 Å². The number of sulfone groups is 2. The molecule has 2 unspecified atom stereocenters. The first-order valence-corrected chi connectivity index (χ1v) is 30.5. The highest BCUT2D eigenvalue weighted by Crippen LogP contribution is 2.35. The minimum Gasteiger partial charge on any atom is -0.495 e. The van der Waals surface area contributed by atoms with E-state index in [4.69, 9.17) is 14.2 Å². The number of hydrogen-bond donors (Lipinski definition) is 6. The maximum absolute atomic E-state index is 15.0. The number of rotatable bonds is 16. The summed E-state index contributed by atoms with van der Waals surface area (Å²) in [6, 6.07) is 20.7. The minimum absolute atomic E-state index is 0.0434. The molecular formula is C58H68F8N8O8S2. The number of epoxide rings is 1. The zero-order valence-corrected chi connectivity index (χ0v) is 48.7. The molecule has 26 heteroatoms. The standard InChI is InChI=1S/C29H34F4N4O4S.C26H28F4N4O3S.C3H6O/c1-19(38)16-36-13-11-25(23(30)17-36)35-24-7-4-8-27-22(24)14-20(37(27)18-29(31,32)33)6-5-12-34-26-10-9-21(42(3,39)40)15-28(26)41-2;1-37-25-14-18(38(2,35)36)8-9-23(25)32-11-4-5-17-13-19-21(33-22-10-12-31-15-20(22)27)6-3-7-24(19)34(17)16-26(28,29)30;1-3-2-4-3/h4,7-10,14-15,19,23,25,34-35,38H,11-13,16-18H2,1-3H3;3,6-9,13-14,20,22,31-33H,10-12,15-16H2,1-2H3;3H,2H2,1H3/t19?,23-,25+;20-,22+;/m00./s1. The number of aromatic nitrogens is 2. The van der Waals surface area contributed by atoms with Crippen molar-refractivity contribution < 1.29 is 71.3 Å². The quantitative estimate of drug-likeness (QED) is 0.0306. The number of ether oxygens (including phenoxy) is 3. The summed E-state index contributed by atoms with van der Waals surface area (Å²) in [6.45, 7) is 4.29. The lowest BCUT2D eigenvalue weighted by atomic mass is 10.0. The van der Waals surface area contributed by atoms with Gasteiger partial charge in [-0.3, -0.25) is 4.90 Å². The summed E-state index contributed by atoms with van der Waals surface area (Å²) in [4.78, 5) is 2.03. The van der Waals surface area contributed by atoms with Gasteiger partial charge < -0.3 is 55.0 Å². The Morgan fingerprint density at radius 1 is 0.702 bits per heavy atom. The molecule has 3 fully saturated rings. The van der Waals surface area contributed by atoms with Crippen molar-refractivity contribution in [2.75, 3.05) is 100 Å². The first-order valence-electron chi connectivity index (χ1n) is 26.7. The van der Waals surface area contributed by atoms with Crippen molar-refractivity contribution in [2.24, 2.45) is 0 Å². The first kappa shape index (κ1) is 64.6. The number of β-amino-alcohol motifs (C(OH)–C–C–N with tert-alkyl or cyclic N) is 1. The summed E-state index contributed by atoms with van der Waals surface area (Å²) in [5.41, 5.74) is 2.98. The average molecular weight is 1220 g/mol. The Bertz CT molecular complexity index is 3610.